The van der Waals surface area contributed by atoms with Crippen molar-refractivity contribution in [3.63, 3.8) is 0 Å². The highest BCUT2D eigenvalue weighted by atomic mass is 19.2. The first-order chi connectivity index (χ1) is 26.7. The minimum absolute atomic E-state index is 0.303. The van der Waals surface area contributed by atoms with Gasteiger partial charge >= 0.3 is 0 Å². The van der Waals surface area contributed by atoms with E-state index >= 15 is 17.6 Å². The minimum Gasteiger partial charge on any atom is -0.203 e. The number of nitrogens with zero attached hydrogens (tertiary/aromatic N) is 8. The molecular weight excluding hydrogens is 744 g/mol. The minimum atomic E-state index is -2.06. The van der Waals surface area contributed by atoms with Gasteiger partial charge in [0, 0.05) is 10.4 Å². The van der Waals surface area contributed by atoms with Crippen LogP contribution >= 0.6 is 0 Å². The molecule has 264 valence electrons. The van der Waals surface area contributed by atoms with Crippen LogP contribution in [-0.2, 0) is 0 Å². The van der Waals surface area contributed by atoms with Crippen molar-refractivity contribution in [3.05, 3.63) is 128 Å². The fraction of sp³-hybridized carbons (Fsp3) is 0. The van der Waals surface area contributed by atoms with Gasteiger partial charge < -0.3 is 0 Å². The van der Waals surface area contributed by atoms with Crippen LogP contribution in [0, 0.1) is 137 Å². The Morgan fingerprint density at radius 2 is 0.625 bits per heavy atom. The standard InChI is InChI=1S/C40H8F8N8/c41-33-29(15-55)34(42)38(46)31(37(33)45)21-3-17(9-49)1-19(5-21)25-7-28(24(13-53)14-54)26(8-27(25)23(11-51)12-52)20-2-18(10-50)4-22(6-20)32-39(47)35(43)30(16-56)36(44)40(32)48/h1-8H. The van der Waals surface area contributed by atoms with Crippen molar-refractivity contribution >= 4 is 11.1 Å². The maximum atomic E-state index is 15.2. The Morgan fingerprint density at radius 1 is 0.339 bits per heavy atom. The molecule has 0 heterocycles. The molecule has 0 amide bonds. The Morgan fingerprint density at radius 3 is 0.875 bits per heavy atom. The summed E-state index contributed by atoms with van der Waals surface area (Å²) >= 11 is 0. The third-order valence-electron chi connectivity index (χ3n) is 8.22. The largest absolute Gasteiger partial charge is 0.203 e. The lowest BCUT2D eigenvalue weighted by molar-refractivity contribution is 0.454. The number of benzene rings is 5. The van der Waals surface area contributed by atoms with Crippen LogP contribution in [-0.4, -0.2) is 0 Å². The van der Waals surface area contributed by atoms with Crippen LogP contribution in [0.15, 0.2) is 48.5 Å². The average Bonchev–Trinajstić information content (AvgIpc) is 3.20. The highest BCUT2D eigenvalue weighted by molar-refractivity contribution is 5.88. The third-order valence-corrected chi connectivity index (χ3v) is 8.22. The number of rotatable bonds is 4. The summed E-state index contributed by atoms with van der Waals surface area (Å²) in [6, 6.07) is 19.1. The molecule has 0 bridgehead atoms. The van der Waals surface area contributed by atoms with E-state index in [1.165, 1.54) is 0 Å². The molecular formula is C40H8F8N8. The first-order valence-electron chi connectivity index (χ1n) is 14.9. The Bertz CT molecular complexity index is 2820. The summed E-state index contributed by atoms with van der Waals surface area (Å²) in [5.74, 6) is -16.3. The lowest BCUT2D eigenvalue weighted by atomic mass is 9.88. The quantitative estimate of drug-likeness (QED) is 0.134. The Kier molecular flexibility index (Phi) is 10.3. The molecule has 5 rings (SSSR count). The predicted molar refractivity (Wildman–Crippen MR) is 175 cm³/mol. The van der Waals surface area contributed by atoms with Crippen molar-refractivity contribution in [3.8, 4) is 93.1 Å². The van der Waals surface area contributed by atoms with E-state index < -0.39 is 113 Å². The maximum Gasteiger partial charge on any atom is 0.180 e. The van der Waals surface area contributed by atoms with Gasteiger partial charge in [0.2, 0.25) is 0 Å². The van der Waals surface area contributed by atoms with Crippen LogP contribution in [0.2, 0.25) is 0 Å². The zero-order valence-electron chi connectivity index (χ0n) is 27.2. The fourth-order valence-corrected chi connectivity index (χ4v) is 5.73. The summed E-state index contributed by atoms with van der Waals surface area (Å²) in [7, 11) is 0. The van der Waals surface area contributed by atoms with Crippen molar-refractivity contribution in [1.82, 2.24) is 0 Å². The Hall–Kier alpha value is -8.80. The van der Waals surface area contributed by atoms with E-state index in [1.807, 2.05) is 0 Å². The van der Waals surface area contributed by atoms with Gasteiger partial charge in [-0.25, -0.2) is 35.1 Å². The third kappa shape index (κ3) is 6.21. The van der Waals surface area contributed by atoms with E-state index in [0.717, 1.165) is 60.7 Å². The zero-order valence-corrected chi connectivity index (χ0v) is 27.2. The molecule has 0 spiro atoms. The fourth-order valence-electron chi connectivity index (χ4n) is 5.73. The molecule has 5 aromatic rings. The molecule has 0 fully saturated rings. The lowest BCUT2D eigenvalue weighted by Crippen LogP contribution is -2.19. The monoisotopic (exact) mass is 752 g/mol. The molecule has 5 aromatic carbocycles. The van der Waals surface area contributed by atoms with Gasteiger partial charge in [-0.15, -0.1) is 0 Å². The normalized spacial score (nSPS) is 10.0. The highest BCUT2D eigenvalue weighted by Crippen LogP contribution is 2.37. The Balaban J connectivity index is 1.97. The highest BCUT2D eigenvalue weighted by Gasteiger charge is 2.29. The molecule has 0 saturated heterocycles. The molecule has 0 aromatic heterocycles. The lowest BCUT2D eigenvalue weighted by Gasteiger charge is -2.15. The molecule has 56 heavy (non-hydrogen) atoms. The van der Waals surface area contributed by atoms with Gasteiger partial charge in [0.05, 0.1) is 34.4 Å². The van der Waals surface area contributed by atoms with Gasteiger partial charge in [-0.1, -0.05) is 0 Å². The number of hydrogen-bond donors (Lipinski definition) is 0. The van der Waals surface area contributed by atoms with E-state index in [4.69, 9.17) is 10.5 Å². The molecule has 0 radical (unpaired) electrons. The molecule has 0 unspecified atom stereocenters. The second-order valence-electron chi connectivity index (χ2n) is 11.2. The summed E-state index contributed by atoms with van der Waals surface area (Å²) in [5, 5.41) is 76.5. The molecule has 0 aliphatic rings. The van der Waals surface area contributed by atoms with E-state index in [1.54, 1.807) is 36.4 Å². The van der Waals surface area contributed by atoms with Crippen molar-refractivity contribution in [2.75, 3.05) is 0 Å². The van der Waals surface area contributed by atoms with Crippen molar-refractivity contribution < 1.29 is 35.1 Å². The molecule has 8 nitrogen and oxygen atoms in total. The van der Waals surface area contributed by atoms with Crippen LogP contribution in [0.1, 0.15) is 22.3 Å². The summed E-state index contributed by atoms with van der Waals surface area (Å²) in [4.78, 5) is 0. The first kappa shape index (κ1) is 38.4. The maximum absolute atomic E-state index is 15.2. The van der Waals surface area contributed by atoms with Gasteiger partial charge in [-0.3, -0.25) is 0 Å². The summed E-state index contributed by atoms with van der Waals surface area (Å²) in [5.41, 5.74) is -10.8. The zero-order chi connectivity index (χ0) is 41.2. The van der Waals surface area contributed by atoms with Gasteiger partial charge in [-0.2, -0.15) is 42.1 Å². The van der Waals surface area contributed by atoms with Crippen LogP contribution < -0.4 is 10.4 Å². The van der Waals surface area contributed by atoms with Crippen molar-refractivity contribution in [2.45, 2.75) is 0 Å². The first-order valence-corrected chi connectivity index (χ1v) is 14.9. The van der Waals surface area contributed by atoms with Gasteiger partial charge in [0.15, 0.2) is 46.5 Å². The SMILES string of the molecule is N#CC(C#N)=c1cc(-c2cc(C#N)cc(-c3c(F)c(F)c(C#N)c(F)c3F)c2)c(=C(C#N)C#N)cc1-c1cc(C#N)cc(-c2c(F)c(F)c(C#N)c(F)c2F)c1. The van der Waals surface area contributed by atoms with Crippen molar-refractivity contribution in [2.24, 2.45) is 0 Å². The average molecular weight is 753 g/mol. The smallest absolute Gasteiger partial charge is 0.180 e. The molecule has 0 N–H and O–H groups in total. The van der Waals surface area contributed by atoms with Crippen LogP contribution in [0.5, 0.6) is 0 Å². The number of halogens is 8. The second kappa shape index (κ2) is 15.0. The molecule has 0 aliphatic heterocycles. The summed E-state index contributed by atoms with van der Waals surface area (Å²) < 4.78 is 120. The predicted octanol–water partition coefficient (Wildman–Crippen LogP) is 7.35. The van der Waals surface area contributed by atoms with Gasteiger partial charge in [0.1, 0.15) is 58.7 Å². The van der Waals surface area contributed by atoms with Crippen LogP contribution in [0.3, 0.4) is 0 Å². The number of nitriles is 8. The van der Waals surface area contributed by atoms with Gasteiger partial charge in [0.25, 0.3) is 0 Å². The van der Waals surface area contributed by atoms with Crippen LogP contribution in [0.4, 0.5) is 35.1 Å². The second-order valence-corrected chi connectivity index (χ2v) is 11.2. The van der Waals surface area contributed by atoms with E-state index in [2.05, 4.69) is 0 Å². The summed E-state index contributed by atoms with van der Waals surface area (Å²) in [6.07, 6.45) is 0. The number of hydrogen-bond acceptors (Lipinski definition) is 8. The van der Waals surface area contributed by atoms with Crippen molar-refractivity contribution in [1.29, 1.82) is 42.1 Å². The van der Waals surface area contributed by atoms with Gasteiger partial charge in [-0.05, 0) is 81.9 Å². The van der Waals surface area contributed by atoms with E-state index in [0.29, 0.717) is 0 Å². The van der Waals surface area contributed by atoms with Crippen LogP contribution in [0.25, 0.3) is 55.7 Å². The molecule has 0 aliphatic carbocycles. The molecule has 16 heteroatoms. The molecule has 0 atom stereocenters. The topological polar surface area (TPSA) is 190 Å². The Labute approximate surface area is 308 Å². The summed E-state index contributed by atoms with van der Waals surface area (Å²) in [6.45, 7) is 0. The van der Waals surface area contributed by atoms with E-state index in [9.17, 15) is 49.1 Å². The van der Waals surface area contributed by atoms with E-state index in [-0.39, 0.29) is 22.3 Å². The molecule has 0 saturated carbocycles.